The number of rotatable bonds is 6. The normalized spacial score (nSPS) is 24.6. The minimum absolute atomic E-state index is 0.0846. The summed E-state index contributed by atoms with van der Waals surface area (Å²) in [4.78, 5) is 22.3. The molecule has 0 radical (unpaired) electrons. The van der Waals surface area contributed by atoms with E-state index in [2.05, 4.69) is 30.2 Å². The molecule has 10 nitrogen and oxygen atoms in total. The Hall–Kier alpha value is -3.25. The molecule has 0 saturated carbocycles. The van der Waals surface area contributed by atoms with Crippen LogP contribution >= 0.6 is 0 Å². The molecule has 4 rings (SSSR count). The number of ether oxygens (including phenoxy) is 3. The number of nitrogens with one attached hydrogen (secondary N) is 2. The maximum Gasteiger partial charge on any atom is 0.410 e. The summed E-state index contributed by atoms with van der Waals surface area (Å²) in [5.41, 5.74) is -0.667. The molecule has 2 aromatic heterocycles. The lowest BCUT2D eigenvalue weighted by Gasteiger charge is -2.41. The van der Waals surface area contributed by atoms with Gasteiger partial charge in [0.2, 0.25) is 11.8 Å². The topological polar surface area (TPSA) is 114 Å². The first kappa shape index (κ1) is 22.9. The molecular weight excluding hydrogens is 445 g/mol. The fourth-order valence-corrected chi connectivity index (χ4v) is 4.09. The largest absolute Gasteiger partial charge is 0.470 e. The molecule has 4 atom stereocenters. The first-order valence-electron chi connectivity index (χ1n) is 10.5. The van der Waals surface area contributed by atoms with E-state index in [1.807, 2.05) is 0 Å². The van der Waals surface area contributed by atoms with Crippen LogP contribution in [-0.2, 0) is 4.74 Å². The third kappa shape index (κ3) is 5.40. The number of H-pyrrole nitrogens is 1. The summed E-state index contributed by atoms with van der Waals surface area (Å²) in [7, 11) is 0. The molecule has 13 heteroatoms. The van der Waals surface area contributed by atoms with Crippen LogP contribution in [0.5, 0.6) is 11.8 Å². The molecule has 1 amide bonds. The highest BCUT2D eigenvalue weighted by Gasteiger charge is 2.52. The summed E-state index contributed by atoms with van der Waals surface area (Å²) in [6, 6.07) is 0.411. The first-order chi connectivity index (χ1) is 15.6. The highest BCUT2D eigenvalue weighted by atomic mass is 19.3. The van der Waals surface area contributed by atoms with Gasteiger partial charge in [-0.1, -0.05) is 0 Å². The lowest BCUT2D eigenvalue weighted by Crippen LogP contribution is -2.57. The van der Waals surface area contributed by atoms with Crippen LogP contribution in [0.3, 0.4) is 0 Å². The van der Waals surface area contributed by atoms with Crippen molar-refractivity contribution in [3.05, 3.63) is 18.5 Å². The molecule has 2 aliphatic heterocycles. The van der Waals surface area contributed by atoms with Crippen molar-refractivity contribution in [3.63, 3.8) is 0 Å². The SMILES string of the molecule is CC(C)(C)OC(=O)N1[C@@H]2CC[C@H]1[C@H](F)[C@H](Oc1cncc(Nc3cc(OC(F)F)n[nH]3)n1)C2. The number of aromatic nitrogens is 4. The summed E-state index contributed by atoms with van der Waals surface area (Å²) in [5, 5.41) is 8.87. The molecule has 2 N–H and O–H groups in total. The van der Waals surface area contributed by atoms with E-state index in [1.54, 1.807) is 20.8 Å². The number of hydrogen-bond acceptors (Lipinski definition) is 8. The van der Waals surface area contributed by atoms with Crippen LogP contribution in [-0.4, -0.2) is 67.7 Å². The van der Waals surface area contributed by atoms with Gasteiger partial charge in [0.15, 0.2) is 12.0 Å². The molecule has 180 valence electrons. The molecule has 2 aromatic rings. The van der Waals surface area contributed by atoms with E-state index >= 15 is 4.39 Å². The number of carbonyl (C=O) groups is 1. The number of piperidine rings is 1. The second-order valence-electron chi connectivity index (χ2n) is 8.89. The maximum absolute atomic E-state index is 15.3. The predicted octanol–water partition coefficient (Wildman–Crippen LogP) is 3.80. The minimum atomic E-state index is -3.00. The van der Waals surface area contributed by atoms with Crippen molar-refractivity contribution in [3.8, 4) is 11.8 Å². The smallest absolute Gasteiger partial charge is 0.410 e. The Morgan fingerprint density at radius 3 is 2.79 bits per heavy atom. The van der Waals surface area contributed by atoms with E-state index < -0.39 is 36.6 Å². The molecule has 4 heterocycles. The van der Waals surface area contributed by atoms with Gasteiger partial charge in [-0.2, -0.15) is 13.8 Å². The number of aromatic amines is 1. The Morgan fingerprint density at radius 1 is 1.27 bits per heavy atom. The van der Waals surface area contributed by atoms with Gasteiger partial charge in [0.05, 0.1) is 18.4 Å². The van der Waals surface area contributed by atoms with Crippen LogP contribution in [0.2, 0.25) is 0 Å². The van der Waals surface area contributed by atoms with Gasteiger partial charge in [-0.25, -0.2) is 9.18 Å². The summed E-state index contributed by atoms with van der Waals surface area (Å²) in [6.07, 6.45) is 1.48. The summed E-state index contributed by atoms with van der Waals surface area (Å²) >= 11 is 0. The van der Waals surface area contributed by atoms with Crippen molar-refractivity contribution in [1.82, 2.24) is 25.1 Å². The van der Waals surface area contributed by atoms with Gasteiger partial charge in [0.1, 0.15) is 17.5 Å². The Morgan fingerprint density at radius 2 is 2.06 bits per heavy atom. The van der Waals surface area contributed by atoms with Crippen LogP contribution in [0, 0.1) is 0 Å². The van der Waals surface area contributed by atoms with Crippen molar-refractivity contribution in [2.75, 3.05) is 5.32 Å². The number of anilines is 2. The standard InChI is InChI=1S/C20H25F3N6O4/c1-20(2,3)33-19(30)29-10-4-5-11(29)17(21)12(6-10)31-16-9-24-8-14(26-16)25-13-7-15(28-27-13)32-18(22)23/h7-12,17-18H,4-6H2,1-3H3,(H2,25,26,27,28)/t10-,11+,12-,17+/m1/s1. The number of hydrogen-bond donors (Lipinski definition) is 2. The number of amides is 1. The quantitative estimate of drug-likeness (QED) is 0.655. The Kier molecular flexibility index (Phi) is 6.21. The van der Waals surface area contributed by atoms with Crippen LogP contribution in [0.25, 0.3) is 0 Å². The van der Waals surface area contributed by atoms with Crippen LogP contribution < -0.4 is 14.8 Å². The number of carbonyl (C=O) groups excluding carboxylic acids is 1. The van der Waals surface area contributed by atoms with E-state index in [0.29, 0.717) is 19.3 Å². The van der Waals surface area contributed by atoms with Gasteiger partial charge in [-0.15, -0.1) is 5.10 Å². The highest BCUT2D eigenvalue weighted by molar-refractivity contribution is 5.70. The third-order valence-corrected chi connectivity index (χ3v) is 5.29. The second kappa shape index (κ2) is 8.94. The van der Waals surface area contributed by atoms with Crippen molar-refractivity contribution >= 4 is 17.7 Å². The molecule has 2 saturated heterocycles. The Labute approximate surface area is 187 Å². The van der Waals surface area contributed by atoms with Gasteiger partial charge in [-0.05, 0) is 33.6 Å². The second-order valence-corrected chi connectivity index (χ2v) is 8.89. The Bertz CT molecular complexity index is 985. The molecule has 0 spiro atoms. The van der Waals surface area contributed by atoms with Gasteiger partial charge in [0, 0.05) is 18.5 Å². The van der Waals surface area contributed by atoms with Crippen LogP contribution in [0.4, 0.5) is 29.6 Å². The lowest BCUT2D eigenvalue weighted by molar-refractivity contribution is -0.0529. The van der Waals surface area contributed by atoms with E-state index in [4.69, 9.17) is 9.47 Å². The average Bonchev–Trinajstić information content (AvgIpc) is 3.28. The van der Waals surface area contributed by atoms with Gasteiger partial charge in [0.25, 0.3) is 0 Å². The number of nitrogens with zero attached hydrogens (tertiary/aromatic N) is 4. The molecule has 2 fully saturated rings. The monoisotopic (exact) mass is 470 g/mol. The van der Waals surface area contributed by atoms with E-state index in [0.717, 1.165) is 0 Å². The van der Waals surface area contributed by atoms with E-state index in [1.165, 1.54) is 23.4 Å². The van der Waals surface area contributed by atoms with Gasteiger partial charge >= 0.3 is 12.7 Å². The molecule has 0 aliphatic carbocycles. The number of halogens is 3. The van der Waals surface area contributed by atoms with Gasteiger partial charge < -0.3 is 19.5 Å². The van der Waals surface area contributed by atoms with Crippen LogP contribution in [0.1, 0.15) is 40.0 Å². The molecule has 2 bridgehead atoms. The van der Waals surface area contributed by atoms with Gasteiger partial charge in [-0.3, -0.25) is 15.0 Å². The zero-order chi connectivity index (χ0) is 23.8. The predicted molar refractivity (Wildman–Crippen MR) is 109 cm³/mol. The highest BCUT2D eigenvalue weighted by Crippen LogP contribution is 2.39. The molecular formula is C20H25F3N6O4. The van der Waals surface area contributed by atoms with Crippen molar-refractivity contribution in [2.24, 2.45) is 0 Å². The fourth-order valence-electron chi connectivity index (χ4n) is 4.09. The molecule has 33 heavy (non-hydrogen) atoms. The third-order valence-electron chi connectivity index (χ3n) is 5.29. The zero-order valence-corrected chi connectivity index (χ0v) is 18.3. The number of alkyl halides is 3. The summed E-state index contributed by atoms with van der Waals surface area (Å²) in [5.74, 6) is 0.259. The van der Waals surface area contributed by atoms with Crippen molar-refractivity contribution in [1.29, 1.82) is 0 Å². The maximum atomic E-state index is 15.3. The molecule has 0 aromatic carbocycles. The molecule has 2 aliphatic rings. The minimum Gasteiger partial charge on any atom is -0.470 e. The average molecular weight is 470 g/mol. The number of fused-ring (bicyclic) bond motifs is 2. The van der Waals surface area contributed by atoms with Crippen molar-refractivity contribution in [2.45, 2.75) is 76.6 Å². The molecule has 0 unspecified atom stereocenters. The first-order valence-corrected chi connectivity index (χ1v) is 10.5. The zero-order valence-electron chi connectivity index (χ0n) is 18.3. The van der Waals surface area contributed by atoms with E-state index in [-0.39, 0.29) is 29.4 Å². The van der Waals surface area contributed by atoms with E-state index in [9.17, 15) is 13.6 Å². The van der Waals surface area contributed by atoms with Crippen LogP contribution in [0.15, 0.2) is 18.5 Å². The Balaban J connectivity index is 1.40. The lowest BCUT2D eigenvalue weighted by atomic mass is 9.98. The summed E-state index contributed by atoms with van der Waals surface area (Å²) in [6.45, 7) is 2.31. The fraction of sp³-hybridized carbons (Fsp3) is 0.600. The van der Waals surface area contributed by atoms with Crippen molar-refractivity contribution < 1.29 is 32.2 Å². The summed E-state index contributed by atoms with van der Waals surface area (Å²) < 4.78 is 55.3.